The summed E-state index contributed by atoms with van der Waals surface area (Å²) < 4.78 is 39.3. The Morgan fingerprint density at radius 2 is 1.83 bits per heavy atom. The minimum atomic E-state index is -4.61. The van der Waals surface area contributed by atoms with Crippen molar-refractivity contribution in [3.63, 3.8) is 0 Å². The Balaban J connectivity index is 1.98. The molecule has 0 bridgehead atoms. The quantitative estimate of drug-likeness (QED) is 0.538. The van der Waals surface area contributed by atoms with Crippen LogP contribution >= 0.6 is 11.6 Å². The van der Waals surface area contributed by atoms with Gasteiger partial charge in [0.1, 0.15) is 12.4 Å². The number of aliphatic carboxylic acids is 1. The number of carboxylic acid groups (broad SMARTS) is 1. The molecule has 7 nitrogen and oxygen atoms in total. The van der Waals surface area contributed by atoms with Crippen LogP contribution in [0.3, 0.4) is 0 Å². The monoisotopic (exact) mass is 423 g/mol. The number of nitrogens with zero attached hydrogens (tertiary/aromatic N) is 3. The maximum absolute atomic E-state index is 13.1. The molecule has 0 saturated heterocycles. The average Bonchev–Trinajstić information content (AvgIpc) is 2.67. The largest absolute Gasteiger partial charge is 0.480 e. The summed E-state index contributed by atoms with van der Waals surface area (Å²) in [6, 6.07) is 8.23. The van der Waals surface area contributed by atoms with Crippen LogP contribution in [0, 0.1) is 0 Å². The summed E-state index contributed by atoms with van der Waals surface area (Å²) in [5.74, 6) is -0.964. The standard InChI is InChI=1S/C18H13ClF3N5O2/c19-13-2-1-11(7-12(13)18(20,21)22)25-15-8-14(10-3-5-23-6-4-10)26-17(27-15)24-9-16(28)29/h1-8H,9H2,(H,28,29)(H2,24,25,26,27). The summed E-state index contributed by atoms with van der Waals surface area (Å²) in [4.78, 5) is 23.1. The Labute approximate surface area is 167 Å². The summed E-state index contributed by atoms with van der Waals surface area (Å²) in [7, 11) is 0. The predicted octanol–water partition coefficient (Wildman–Crippen LogP) is 4.45. The van der Waals surface area contributed by atoms with Crippen LogP contribution in [0.1, 0.15) is 5.56 Å². The first-order chi connectivity index (χ1) is 13.7. The molecule has 150 valence electrons. The second-order valence-electron chi connectivity index (χ2n) is 5.76. The predicted molar refractivity (Wildman–Crippen MR) is 101 cm³/mol. The molecule has 29 heavy (non-hydrogen) atoms. The number of anilines is 3. The number of carbonyl (C=O) groups is 1. The third kappa shape index (κ3) is 5.32. The highest BCUT2D eigenvalue weighted by molar-refractivity contribution is 6.31. The average molecular weight is 424 g/mol. The topological polar surface area (TPSA) is 100 Å². The van der Waals surface area contributed by atoms with Crippen molar-refractivity contribution in [2.45, 2.75) is 6.18 Å². The molecule has 0 fully saturated rings. The number of benzene rings is 1. The molecule has 0 aliphatic carbocycles. The molecule has 0 atom stereocenters. The smallest absolute Gasteiger partial charge is 0.417 e. The highest BCUT2D eigenvalue weighted by atomic mass is 35.5. The summed E-state index contributed by atoms with van der Waals surface area (Å²) in [6.07, 6.45) is -1.52. The summed E-state index contributed by atoms with van der Waals surface area (Å²) >= 11 is 5.64. The number of aromatic nitrogens is 3. The van der Waals surface area contributed by atoms with Gasteiger partial charge in [-0.25, -0.2) is 4.98 Å². The number of rotatable bonds is 6. The van der Waals surface area contributed by atoms with Crippen molar-refractivity contribution in [3.8, 4) is 11.3 Å². The molecular weight excluding hydrogens is 411 g/mol. The van der Waals surface area contributed by atoms with E-state index in [0.29, 0.717) is 11.3 Å². The van der Waals surface area contributed by atoms with E-state index in [0.717, 1.165) is 12.1 Å². The summed E-state index contributed by atoms with van der Waals surface area (Å²) in [5, 5.41) is 13.7. The van der Waals surface area contributed by atoms with Gasteiger partial charge in [-0.1, -0.05) is 11.6 Å². The molecule has 0 unspecified atom stereocenters. The van der Waals surface area contributed by atoms with Crippen LogP contribution in [-0.2, 0) is 11.0 Å². The molecule has 0 saturated carbocycles. The van der Waals surface area contributed by atoms with Gasteiger partial charge in [0, 0.05) is 29.7 Å². The van der Waals surface area contributed by atoms with Crippen LogP contribution in [0.2, 0.25) is 5.02 Å². The number of nitrogens with one attached hydrogen (secondary N) is 2. The highest BCUT2D eigenvalue weighted by Gasteiger charge is 2.33. The van der Waals surface area contributed by atoms with E-state index in [-0.39, 0.29) is 17.5 Å². The second-order valence-corrected chi connectivity index (χ2v) is 6.17. The molecule has 2 heterocycles. The molecular formula is C18H13ClF3N5O2. The maximum Gasteiger partial charge on any atom is 0.417 e. The van der Waals surface area contributed by atoms with E-state index in [2.05, 4.69) is 25.6 Å². The van der Waals surface area contributed by atoms with Gasteiger partial charge in [-0.15, -0.1) is 0 Å². The normalized spacial score (nSPS) is 11.2. The lowest BCUT2D eigenvalue weighted by molar-refractivity contribution is -0.137. The van der Waals surface area contributed by atoms with E-state index in [1.165, 1.54) is 12.1 Å². The van der Waals surface area contributed by atoms with E-state index >= 15 is 0 Å². The molecule has 0 aliphatic heterocycles. The Bertz CT molecular complexity index is 1030. The second kappa shape index (κ2) is 8.31. The Morgan fingerprint density at radius 1 is 1.10 bits per heavy atom. The van der Waals surface area contributed by atoms with Crippen LogP contribution in [0.25, 0.3) is 11.3 Å². The zero-order valence-corrected chi connectivity index (χ0v) is 15.3. The number of hydrogen-bond acceptors (Lipinski definition) is 6. The number of pyridine rings is 1. The van der Waals surface area contributed by atoms with E-state index in [1.807, 2.05) is 0 Å². The lowest BCUT2D eigenvalue weighted by atomic mass is 10.1. The molecule has 3 rings (SSSR count). The van der Waals surface area contributed by atoms with Gasteiger partial charge in [-0.3, -0.25) is 9.78 Å². The molecule has 0 amide bonds. The first-order valence-corrected chi connectivity index (χ1v) is 8.49. The maximum atomic E-state index is 13.1. The van der Waals surface area contributed by atoms with E-state index in [1.54, 1.807) is 24.5 Å². The first-order valence-electron chi connectivity index (χ1n) is 8.11. The van der Waals surface area contributed by atoms with Crippen LogP contribution in [0.15, 0.2) is 48.8 Å². The van der Waals surface area contributed by atoms with Crippen LogP contribution < -0.4 is 10.6 Å². The third-order valence-electron chi connectivity index (χ3n) is 3.64. The van der Waals surface area contributed by atoms with Gasteiger partial charge in [0.2, 0.25) is 5.95 Å². The Morgan fingerprint density at radius 3 is 2.48 bits per heavy atom. The van der Waals surface area contributed by atoms with Crippen molar-refractivity contribution in [1.82, 2.24) is 15.0 Å². The van der Waals surface area contributed by atoms with E-state index in [4.69, 9.17) is 16.7 Å². The van der Waals surface area contributed by atoms with Crippen LogP contribution in [-0.4, -0.2) is 32.6 Å². The molecule has 0 aliphatic rings. The number of hydrogen-bond donors (Lipinski definition) is 3. The van der Waals surface area contributed by atoms with Gasteiger partial charge in [0.25, 0.3) is 0 Å². The third-order valence-corrected chi connectivity index (χ3v) is 3.97. The minimum Gasteiger partial charge on any atom is -0.480 e. The Kier molecular flexibility index (Phi) is 5.83. The molecule has 3 N–H and O–H groups in total. The van der Waals surface area contributed by atoms with Crippen molar-refractivity contribution in [3.05, 3.63) is 59.4 Å². The molecule has 1 aromatic carbocycles. The van der Waals surface area contributed by atoms with Crippen molar-refractivity contribution in [2.24, 2.45) is 0 Å². The van der Waals surface area contributed by atoms with Crippen molar-refractivity contribution in [2.75, 3.05) is 17.2 Å². The first kappa shape index (κ1) is 20.3. The minimum absolute atomic E-state index is 0.00535. The highest BCUT2D eigenvalue weighted by Crippen LogP contribution is 2.36. The van der Waals surface area contributed by atoms with E-state index < -0.39 is 29.3 Å². The molecule has 3 aromatic rings. The molecule has 11 heteroatoms. The van der Waals surface area contributed by atoms with Crippen molar-refractivity contribution < 1.29 is 23.1 Å². The van der Waals surface area contributed by atoms with Crippen LogP contribution in [0.4, 0.5) is 30.6 Å². The summed E-state index contributed by atoms with van der Waals surface area (Å²) in [5.41, 5.74) is 0.195. The van der Waals surface area contributed by atoms with E-state index in [9.17, 15) is 18.0 Å². The van der Waals surface area contributed by atoms with Gasteiger partial charge < -0.3 is 15.7 Å². The van der Waals surface area contributed by atoms with Crippen LogP contribution in [0.5, 0.6) is 0 Å². The van der Waals surface area contributed by atoms with Gasteiger partial charge in [0.05, 0.1) is 16.3 Å². The zero-order valence-electron chi connectivity index (χ0n) is 14.5. The SMILES string of the molecule is O=C(O)CNc1nc(Nc2ccc(Cl)c(C(F)(F)F)c2)cc(-c2ccncc2)n1. The molecule has 2 aromatic heterocycles. The lowest BCUT2D eigenvalue weighted by Crippen LogP contribution is -2.15. The van der Waals surface area contributed by atoms with Crippen molar-refractivity contribution >= 4 is 35.0 Å². The summed E-state index contributed by atoms with van der Waals surface area (Å²) in [6.45, 7) is -0.432. The van der Waals surface area contributed by atoms with Gasteiger partial charge in [-0.05, 0) is 30.3 Å². The van der Waals surface area contributed by atoms with Gasteiger partial charge in [0.15, 0.2) is 0 Å². The fourth-order valence-corrected chi connectivity index (χ4v) is 2.61. The molecule has 0 spiro atoms. The van der Waals surface area contributed by atoms with Crippen molar-refractivity contribution in [1.29, 1.82) is 0 Å². The zero-order chi connectivity index (χ0) is 21.0. The number of carboxylic acids is 1. The Hall–Kier alpha value is -3.40. The van der Waals surface area contributed by atoms with Gasteiger partial charge >= 0.3 is 12.1 Å². The fraction of sp³-hybridized carbons (Fsp3) is 0.111. The van der Waals surface area contributed by atoms with Gasteiger partial charge in [-0.2, -0.15) is 18.2 Å². The molecule has 0 radical (unpaired) electrons. The number of alkyl halides is 3. The number of halogens is 4. The fourth-order valence-electron chi connectivity index (χ4n) is 2.38. The lowest BCUT2D eigenvalue weighted by Gasteiger charge is -2.13.